The Hall–Kier alpha value is -2.92. The van der Waals surface area contributed by atoms with Crippen LogP contribution in [0.15, 0.2) is 70.7 Å². The molecule has 0 unspecified atom stereocenters. The molecule has 0 aliphatic rings. The van der Waals surface area contributed by atoms with Gasteiger partial charge in [-0.05, 0) is 22.9 Å². The molecule has 0 fully saturated rings. The highest BCUT2D eigenvalue weighted by atomic mass is 32.1. The number of carbonyl (C=O) groups excluding carboxylic acids is 1. The average molecular weight is 335 g/mol. The first-order valence-corrected chi connectivity index (χ1v) is 8.35. The molecule has 0 saturated carbocycles. The van der Waals surface area contributed by atoms with Gasteiger partial charge in [-0.25, -0.2) is 4.79 Å². The molecule has 0 radical (unpaired) electrons. The van der Waals surface area contributed by atoms with Gasteiger partial charge in [0.25, 0.3) is 0 Å². The van der Waals surface area contributed by atoms with Gasteiger partial charge < -0.3 is 9.26 Å². The summed E-state index contributed by atoms with van der Waals surface area (Å²) in [6, 6.07) is 17.4. The number of ether oxygens (including phenoxy) is 1. The Morgan fingerprint density at radius 1 is 1.08 bits per heavy atom. The zero-order valence-corrected chi connectivity index (χ0v) is 13.5. The Balaban J connectivity index is 1.62. The fraction of sp³-hybridized carbons (Fsp3) is 0.0526. The molecule has 0 N–H and O–H groups in total. The number of nitrogens with zero attached hydrogens (tertiary/aromatic N) is 1. The Morgan fingerprint density at radius 2 is 1.96 bits per heavy atom. The van der Waals surface area contributed by atoms with Crippen molar-refractivity contribution in [1.82, 2.24) is 5.16 Å². The van der Waals surface area contributed by atoms with Gasteiger partial charge in [-0.2, -0.15) is 0 Å². The molecule has 4 rings (SSSR count). The van der Waals surface area contributed by atoms with Gasteiger partial charge in [-0.15, -0.1) is 11.3 Å². The van der Waals surface area contributed by atoms with Gasteiger partial charge in [-0.3, -0.25) is 0 Å². The number of carbonyl (C=O) groups is 1. The summed E-state index contributed by atoms with van der Waals surface area (Å²) in [5.41, 5.74) is 0.358. The Labute approximate surface area is 142 Å². The fourth-order valence-electron chi connectivity index (χ4n) is 2.57. The zero-order chi connectivity index (χ0) is 16.4. The molecule has 2 aromatic heterocycles. The fourth-order valence-corrected chi connectivity index (χ4v) is 3.27. The van der Waals surface area contributed by atoms with E-state index in [-0.39, 0.29) is 0 Å². The van der Waals surface area contributed by atoms with Crippen molar-refractivity contribution in [3.63, 3.8) is 0 Å². The monoisotopic (exact) mass is 335 g/mol. The highest BCUT2D eigenvalue weighted by Crippen LogP contribution is 2.27. The van der Waals surface area contributed by atoms with Crippen LogP contribution in [0.3, 0.4) is 0 Å². The normalized spacial score (nSPS) is 10.8. The lowest BCUT2D eigenvalue weighted by Gasteiger charge is -2.07. The van der Waals surface area contributed by atoms with Crippen molar-refractivity contribution in [2.75, 3.05) is 0 Å². The van der Waals surface area contributed by atoms with Crippen LogP contribution in [0.5, 0.6) is 5.75 Å². The molecule has 0 amide bonds. The smallest absolute Gasteiger partial charge is 0.348 e. The number of aromatic nitrogens is 1. The number of rotatable bonds is 4. The van der Waals surface area contributed by atoms with E-state index in [0.717, 1.165) is 15.6 Å². The molecule has 4 aromatic rings. The van der Waals surface area contributed by atoms with Crippen LogP contribution in [0, 0.1) is 0 Å². The first-order chi connectivity index (χ1) is 11.8. The zero-order valence-electron chi connectivity index (χ0n) is 12.6. The van der Waals surface area contributed by atoms with E-state index in [0.29, 0.717) is 23.5 Å². The number of thiophene rings is 1. The van der Waals surface area contributed by atoms with Gasteiger partial charge in [0, 0.05) is 16.7 Å². The molecule has 5 heteroatoms. The van der Waals surface area contributed by atoms with Gasteiger partial charge in [0.1, 0.15) is 11.3 Å². The molecule has 0 spiro atoms. The first kappa shape index (κ1) is 14.7. The second-order valence-electron chi connectivity index (χ2n) is 5.29. The van der Waals surface area contributed by atoms with Crippen molar-refractivity contribution < 1.29 is 14.1 Å². The maximum Gasteiger partial charge on any atom is 0.348 e. The molecular formula is C19H13NO3S. The van der Waals surface area contributed by atoms with Crippen LogP contribution < -0.4 is 4.74 Å². The molecule has 0 aliphatic heterocycles. The summed E-state index contributed by atoms with van der Waals surface area (Å²) in [6.07, 6.45) is 1.94. The van der Waals surface area contributed by atoms with Crippen molar-refractivity contribution in [3.8, 4) is 5.75 Å². The van der Waals surface area contributed by atoms with Crippen molar-refractivity contribution in [2.45, 2.75) is 6.42 Å². The molecule has 4 nitrogen and oxygen atoms in total. The average Bonchev–Trinajstić information content (AvgIpc) is 3.27. The van der Waals surface area contributed by atoms with Crippen LogP contribution in [0.25, 0.3) is 10.8 Å². The van der Waals surface area contributed by atoms with Crippen LogP contribution in [0.1, 0.15) is 21.0 Å². The SMILES string of the molecule is O=C(Oc1cccc2ccccc12)c1cnoc1Cc1cccs1. The van der Waals surface area contributed by atoms with Crippen LogP contribution in [-0.4, -0.2) is 11.1 Å². The second kappa shape index (κ2) is 6.29. The summed E-state index contributed by atoms with van der Waals surface area (Å²) < 4.78 is 10.8. The van der Waals surface area contributed by atoms with E-state index in [9.17, 15) is 4.79 Å². The van der Waals surface area contributed by atoms with Crippen molar-refractivity contribution in [3.05, 3.63) is 82.4 Å². The van der Waals surface area contributed by atoms with Gasteiger partial charge >= 0.3 is 5.97 Å². The van der Waals surface area contributed by atoms with Crippen LogP contribution >= 0.6 is 11.3 Å². The molecule has 118 valence electrons. The Bertz CT molecular complexity index is 983. The Kier molecular flexibility index (Phi) is 3.84. The summed E-state index contributed by atoms with van der Waals surface area (Å²) >= 11 is 1.61. The highest BCUT2D eigenvalue weighted by molar-refractivity contribution is 7.09. The highest BCUT2D eigenvalue weighted by Gasteiger charge is 2.19. The topological polar surface area (TPSA) is 52.3 Å². The van der Waals surface area contributed by atoms with E-state index in [1.165, 1.54) is 6.20 Å². The minimum Gasteiger partial charge on any atom is -0.422 e. The third-order valence-corrected chi connectivity index (χ3v) is 4.61. The molecule has 0 atom stereocenters. The standard InChI is InChI=1S/C19H13NO3S/c21-19(16-12-20-23-18(16)11-14-7-4-10-24-14)22-17-9-3-6-13-5-1-2-8-15(13)17/h1-10,12H,11H2. The van der Waals surface area contributed by atoms with Crippen LogP contribution in [0.2, 0.25) is 0 Å². The molecule has 24 heavy (non-hydrogen) atoms. The molecule has 0 aliphatic carbocycles. The number of fused-ring (bicyclic) bond motifs is 1. The second-order valence-corrected chi connectivity index (χ2v) is 6.32. The predicted octanol–water partition coefficient (Wildman–Crippen LogP) is 4.70. The lowest BCUT2D eigenvalue weighted by Crippen LogP contribution is -2.10. The minimum atomic E-state index is -0.459. The molecule has 2 aromatic carbocycles. The number of benzene rings is 2. The minimum absolute atomic E-state index is 0.358. The Morgan fingerprint density at radius 3 is 2.83 bits per heavy atom. The summed E-state index contributed by atoms with van der Waals surface area (Å²) in [7, 11) is 0. The van der Waals surface area contributed by atoms with E-state index in [1.54, 1.807) is 17.4 Å². The third-order valence-electron chi connectivity index (χ3n) is 3.73. The van der Waals surface area contributed by atoms with E-state index in [4.69, 9.17) is 9.26 Å². The van der Waals surface area contributed by atoms with E-state index >= 15 is 0 Å². The van der Waals surface area contributed by atoms with Gasteiger partial charge in [0.15, 0.2) is 5.76 Å². The summed E-state index contributed by atoms with van der Waals surface area (Å²) in [5.74, 6) is 0.586. The summed E-state index contributed by atoms with van der Waals surface area (Å²) in [6.45, 7) is 0. The maximum atomic E-state index is 12.5. The van der Waals surface area contributed by atoms with Crippen molar-refractivity contribution >= 4 is 28.1 Å². The third kappa shape index (κ3) is 2.81. The lowest BCUT2D eigenvalue weighted by molar-refractivity contribution is 0.0735. The van der Waals surface area contributed by atoms with Gasteiger partial charge in [0.05, 0.1) is 6.20 Å². The van der Waals surface area contributed by atoms with E-state index in [1.807, 2.05) is 53.9 Å². The molecular weight excluding hydrogens is 322 g/mol. The molecule has 0 saturated heterocycles. The van der Waals surface area contributed by atoms with Gasteiger partial charge in [-0.1, -0.05) is 47.6 Å². The van der Waals surface area contributed by atoms with Gasteiger partial charge in [0.2, 0.25) is 0 Å². The number of hydrogen-bond donors (Lipinski definition) is 0. The first-order valence-electron chi connectivity index (χ1n) is 7.47. The largest absolute Gasteiger partial charge is 0.422 e. The van der Waals surface area contributed by atoms with E-state index < -0.39 is 5.97 Å². The summed E-state index contributed by atoms with van der Waals surface area (Å²) in [4.78, 5) is 13.7. The van der Waals surface area contributed by atoms with Crippen molar-refractivity contribution in [1.29, 1.82) is 0 Å². The lowest BCUT2D eigenvalue weighted by atomic mass is 10.1. The predicted molar refractivity (Wildman–Crippen MR) is 92.5 cm³/mol. The quantitative estimate of drug-likeness (QED) is 0.401. The summed E-state index contributed by atoms with van der Waals surface area (Å²) in [5, 5.41) is 7.66. The van der Waals surface area contributed by atoms with Crippen LogP contribution in [-0.2, 0) is 6.42 Å². The number of hydrogen-bond acceptors (Lipinski definition) is 5. The van der Waals surface area contributed by atoms with E-state index in [2.05, 4.69) is 5.16 Å². The molecule has 2 heterocycles. The maximum absolute atomic E-state index is 12.5. The molecule has 0 bridgehead atoms. The van der Waals surface area contributed by atoms with Crippen LogP contribution in [0.4, 0.5) is 0 Å². The number of esters is 1. The van der Waals surface area contributed by atoms with Crippen molar-refractivity contribution in [2.24, 2.45) is 0 Å².